The quantitative estimate of drug-likeness (QED) is 0.489. The number of nitrogens with zero attached hydrogens (tertiary/aromatic N) is 1. The first-order chi connectivity index (χ1) is 7.79. The molecule has 0 aromatic rings. The maximum Gasteiger partial charge on any atom is 0.323 e. The largest absolute Gasteiger partial charge is 0.468 e. The summed E-state index contributed by atoms with van der Waals surface area (Å²) in [6.45, 7) is 5.51. The molecule has 0 amide bonds. The van der Waals surface area contributed by atoms with Crippen molar-refractivity contribution in [3.63, 3.8) is 0 Å². The predicted molar refractivity (Wildman–Crippen MR) is 62.3 cm³/mol. The Bertz CT molecular complexity index is 208. The summed E-state index contributed by atoms with van der Waals surface area (Å²) >= 11 is 0. The van der Waals surface area contributed by atoms with Gasteiger partial charge >= 0.3 is 5.97 Å². The summed E-state index contributed by atoms with van der Waals surface area (Å²) in [5, 5.41) is 0. The summed E-state index contributed by atoms with van der Waals surface area (Å²) in [5.41, 5.74) is 0. The Hall–Kier alpha value is -0.610. The second-order valence-electron chi connectivity index (χ2n) is 4.18. The molecule has 0 bridgehead atoms. The van der Waals surface area contributed by atoms with Gasteiger partial charge in [0, 0.05) is 13.2 Å². The van der Waals surface area contributed by atoms with Crippen LogP contribution in [0.25, 0.3) is 0 Å². The molecule has 1 atom stereocenters. The molecule has 1 saturated heterocycles. The van der Waals surface area contributed by atoms with Crippen LogP contribution in [0.1, 0.15) is 32.6 Å². The average molecular weight is 229 g/mol. The van der Waals surface area contributed by atoms with Gasteiger partial charge in [0.2, 0.25) is 0 Å². The van der Waals surface area contributed by atoms with Crippen LogP contribution in [0.4, 0.5) is 0 Å². The summed E-state index contributed by atoms with van der Waals surface area (Å²) in [6, 6.07) is -0.0419. The minimum absolute atomic E-state index is 0.0419. The number of carbonyl (C=O) groups is 1. The number of esters is 1. The molecular formula is C12H23NO3. The summed E-state index contributed by atoms with van der Waals surface area (Å²) in [6.07, 6.45) is 4.27. The number of methoxy groups -OCH3 is 1. The monoisotopic (exact) mass is 229 g/mol. The lowest BCUT2D eigenvalue weighted by molar-refractivity contribution is -0.146. The molecule has 0 N–H and O–H groups in total. The van der Waals surface area contributed by atoms with E-state index in [0.29, 0.717) is 6.61 Å². The van der Waals surface area contributed by atoms with Crippen molar-refractivity contribution >= 4 is 5.97 Å². The van der Waals surface area contributed by atoms with Crippen molar-refractivity contribution in [2.75, 3.05) is 33.4 Å². The zero-order valence-corrected chi connectivity index (χ0v) is 10.4. The van der Waals surface area contributed by atoms with Crippen LogP contribution in [0.3, 0.4) is 0 Å². The van der Waals surface area contributed by atoms with Crippen LogP contribution in [-0.4, -0.2) is 50.3 Å². The van der Waals surface area contributed by atoms with Gasteiger partial charge in [-0.3, -0.25) is 9.69 Å². The standard InChI is InChI=1S/C12H23NO3/c1-3-4-9-16-10-8-13-7-5-6-11(13)12(14)15-2/h11H,3-10H2,1-2H3. The van der Waals surface area contributed by atoms with E-state index in [-0.39, 0.29) is 12.0 Å². The zero-order chi connectivity index (χ0) is 11.8. The van der Waals surface area contributed by atoms with Gasteiger partial charge in [0.05, 0.1) is 13.7 Å². The third-order valence-corrected chi connectivity index (χ3v) is 3.00. The molecule has 0 aliphatic carbocycles. The van der Waals surface area contributed by atoms with E-state index in [1.165, 1.54) is 7.11 Å². The third kappa shape index (κ3) is 4.10. The van der Waals surface area contributed by atoms with Crippen molar-refractivity contribution in [3.8, 4) is 0 Å². The van der Waals surface area contributed by atoms with Gasteiger partial charge in [0.1, 0.15) is 6.04 Å². The van der Waals surface area contributed by atoms with Crippen LogP contribution in [-0.2, 0) is 14.3 Å². The molecule has 4 heteroatoms. The number of hydrogen-bond donors (Lipinski definition) is 0. The number of rotatable bonds is 7. The van der Waals surface area contributed by atoms with E-state index >= 15 is 0 Å². The molecule has 94 valence electrons. The minimum atomic E-state index is -0.106. The molecule has 1 rings (SSSR count). The lowest BCUT2D eigenvalue weighted by Crippen LogP contribution is -2.38. The van der Waals surface area contributed by atoms with Gasteiger partial charge < -0.3 is 9.47 Å². The van der Waals surface area contributed by atoms with Gasteiger partial charge in [-0.05, 0) is 25.8 Å². The van der Waals surface area contributed by atoms with Crippen molar-refractivity contribution in [2.24, 2.45) is 0 Å². The second-order valence-corrected chi connectivity index (χ2v) is 4.18. The Morgan fingerprint density at radius 2 is 2.25 bits per heavy atom. The first kappa shape index (κ1) is 13.5. The zero-order valence-electron chi connectivity index (χ0n) is 10.4. The number of hydrogen-bond acceptors (Lipinski definition) is 4. The fourth-order valence-corrected chi connectivity index (χ4v) is 2.03. The Kier molecular flexibility index (Phi) is 6.42. The Morgan fingerprint density at radius 3 is 2.94 bits per heavy atom. The summed E-state index contributed by atoms with van der Waals surface area (Å²) in [4.78, 5) is 13.6. The van der Waals surface area contributed by atoms with E-state index in [2.05, 4.69) is 11.8 Å². The molecular weight excluding hydrogens is 206 g/mol. The first-order valence-corrected chi connectivity index (χ1v) is 6.19. The van der Waals surface area contributed by atoms with Crippen LogP contribution >= 0.6 is 0 Å². The summed E-state index contributed by atoms with van der Waals surface area (Å²) in [7, 11) is 1.45. The summed E-state index contributed by atoms with van der Waals surface area (Å²) in [5.74, 6) is -0.106. The fourth-order valence-electron chi connectivity index (χ4n) is 2.03. The van der Waals surface area contributed by atoms with Crippen molar-refractivity contribution in [2.45, 2.75) is 38.6 Å². The normalized spacial score (nSPS) is 21.2. The van der Waals surface area contributed by atoms with Crippen LogP contribution in [0.5, 0.6) is 0 Å². The topological polar surface area (TPSA) is 38.8 Å². The molecule has 4 nitrogen and oxygen atoms in total. The number of likely N-dealkylation sites (tertiary alicyclic amines) is 1. The van der Waals surface area contributed by atoms with Crippen molar-refractivity contribution < 1.29 is 14.3 Å². The molecule has 1 fully saturated rings. The third-order valence-electron chi connectivity index (χ3n) is 3.00. The molecule has 0 radical (unpaired) electrons. The van der Waals surface area contributed by atoms with Crippen molar-refractivity contribution in [1.82, 2.24) is 4.90 Å². The maximum absolute atomic E-state index is 11.5. The summed E-state index contributed by atoms with van der Waals surface area (Å²) < 4.78 is 10.3. The molecule has 0 saturated carbocycles. The molecule has 1 aliphatic rings. The van der Waals surface area contributed by atoms with Gasteiger partial charge in [-0.15, -0.1) is 0 Å². The highest BCUT2D eigenvalue weighted by atomic mass is 16.5. The number of ether oxygens (including phenoxy) is 2. The Labute approximate surface area is 97.9 Å². The van der Waals surface area contributed by atoms with Crippen LogP contribution in [0.15, 0.2) is 0 Å². The van der Waals surface area contributed by atoms with Crippen molar-refractivity contribution in [1.29, 1.82) is 0 Å². The van der Waals surface area contributed by atoms with Gasteiger partial charge in [-0.25, -0.2) is 0 Å². The van der Waals surface area contributed by atoms with E-state index in [1.807, 2.05) is 0 Å². The highest BCUT2D eigenvalue weighted by Crippen LogP contribution is 2.17. The Balaban J connectivity index is 2.17. The van der Waals surface area contributed by atoms with Gasteiger partial charge in [0.15, 0.2) is 0 Å². The molecule has 0 aromatic carbocycles. The van der Waals surface area contributed by atoms with Crippen LogP contribution in [0.2, 0.25) is 0 Å². The van der Waals surface area contributed by atoms with Crippen molar-refractivity contribution in [3.05, 3.63) is 0 Å². The van der Waals surface area contributed by atoms with Crippen LogP contribution < -0.4 is 0 Å². The predicted octanol–water partition coefficient (Wildman–Crippen LogP) is 1.44. The molecule has 0 spiro atoms. The second kappa shape index (κ2) is 7.63. The molecule has 16 heavy (non-hydrogen) atoms. The minimum Gasteiger partial charge on any atom is -0.468 e. The molecule has 1 unspecified atom stereocenters. The van der Waals surface area contributed by atoms with Gasteiger partial charge in [-0.2, -0.15) is 0 Å². The average Bonchev–Trinajstić information content (AvgIpc) is 2.76. The highest BCUT2D eigenvalue weighted by Gasteiger charge is 2.30. The van der Waals surface area contributed by atoms with E-state index in [1.54, 1.807) is 0 Å². The lowest BCUT2D eigenvalue weighted by Gasteiger charge is -2.21. The van der Waals surface area contributed by atoms with E-state index < -0.39 is 0 Å². The van der Waals surface area contributed by atoms with E-state index in [0.717, 1.165) is 45.4 Å². The molecule has 1 heterocycles. The van der Waals surface area contributed by atoms with Gasteiger partial charge in [-0.1, -0.05) is 13.3 Å². The number of carbonyl (C=O) groups excluding carboxylic acids is 1. The van der Waals surface area contributed by atoms with E-state index in [4.69, 9.17) is 9.47 Å². The lowest BCUT2D eigenvalue weighted by atomic mass is 10.2. The maximum atomic E-state index is 11.5. The van der Waals surface area contributed by atoms with Crippen LogP contribution in [0, 0.1) is 0 Å². The SMILES string of the molecule is CCCCOCCN1CCCC1C(=O)OC. The Morgan fingerprint density at radius 1 is 1.44 bits per heavy atom. The van der Waals surface area contributed by atoms with Gasteiger partial charge in [0.25, 0.3) is 0 Å². The first-order valence-electron chi connectivity index (χ1n) is 6.19. The smallest absolute Gasteiger partial charge is 0.323 e. The molecule has 1 aliphatic heterocycles. The molecule has 0 aromatic heterocycles. The highest BCUT2D eigenvalue weighted by molar-refractivity contribution is 5.75. The number of unbranched alkanes of at least 4 members (excludes halogenated alkanes) is 1. The fraction of sp³-hybridized carbons (Fsp3) is 0.917. The van der Waals surface area contributed by atoms with E-state index in [9.17, 15) is 4.79 Å².